The number of hydrogen-bond acceptors (Lipinski definition) is 3. The third-order valence-corrected chi connectivity index (χ3v) is 4.80. The minimum absolute atomic E-state index is 0.0524. The molecule has 0 aromatic carbocycles. The zero-order valence-electron chi connectivity index (χ0n) is 13.9. The maximum atomic E-state index is 12.1. The molecule has 0 bridgehead atoms. The summed E-state index contributed by atoms with van der Waals surface area (Å²) in [4.78, 5) is 11.8. The lowest BCUT2D eigenvalue weighted by Crippen LogP contribution is -2.37. The van der Waals surface area contributed by atoms with Crippen LogP contribution in [0.1, 0.15) is 46.0 Å². The average Bonchev–Trinajstić information content (AvgIpc) is 2.47. The Balaban J connectivity index is 2.16. The molecule has 0 saturated heterocycles. The molecule has 0 heterocycles. The van der Waals surface area contributed by atoms with E-state index in [4.69, 9.17) is 0 Å². The summed E-state index contributed by atoms with van der Waals surface area (Å²) < 4.78 is 54.5. The molecule has 0 fully saturated rings. The number of unbranched alkanes of at least 4 members (excludes halogenated alkanes) is 1. The lowest BCUT2D eigenvalue weighted by atomic mass is 10.0. The third-order valence-electron chi connectivity index (χ3n) is 3.45. The Morgan fingerprint density at radius 2 is 2.00 bits per heavy atom. The Bertz CT molecular complexity index is 456. The first-order valence-electron chi connectivity index (χ1n) is 8.03. The second-order valence-electron chi connectivity index (χ2n) is 5.94. The van der Waals surface area contributed by atoms with E-state index >= 15 is 0 Å². The molecule has 1 aliphatic rings. The van der Waals surface area contributed by atoms with E-state index in [1.807, 2.05) is 13.8 Å². The topological polar surface area (TPSA) is 67.4 Å². The number of carbonyl (C=O) groups is 1. The van der Waals surface area contributed by atoms with Crippen LogP contribution in [-0.4, -0.2) is 40.4 Å². The van der Waals surface area contributed by atoms with Crippen molar-refractivity contribution in [3.8, 4) is 0 Å². The molecule has 0 spiro atoms. The molecule has 140 valence electrons. The molecule has 0 saturated carbocycles. The minimum atomic E-state index is -4.64. The number of alkyl halides is 3. The predicted octanol–water partition coefficient (Wildman–Crippen LogP) is 2.56. The van der Waals surface area contributed by atoms with Crippen LogP contribution < -0.4 is 10.0 Å². The van der Waals surface area contributed by atoms with Crippen molar-refractivity contribution in [2.24, 2.45) is 0 Å². The summed E-state index contributed by atoms with van der Waals surface area (Å²) in [6.45, 7) is 4.30. The van der Waals surface area contributed by atoms with Gasteiger partial charge in [0.2, 0.25) is 5.91 Å². The van der Waals surface area contributed by atoms with Crippen molar-refractivity contribution in [2.45, 2.75) is 69.7 Å². The van der Waals surface area contributed by atoms with Crippen LogP contribution in [0.25, 0.3) is 0 Å². The van der Waals surface area contributed by atoms with Crippen LogP contribution in [0, 0.1) is 0 Å². The molecule has 1 amide bonds. The van der Waals surface area contributed by atoms with Crippen LogP contribution in [-0.2, 0) is 20.5 Å². The van der Waals surface area contributed by atoms with Gasteiger partial charge in [0.1, 0.15) is 0 Å². The maximum Gasteiger partial charge on any atom is 0.523 e. The maximum absolute atomic E-state index is 12.1. The zero-order chi connectivity index (χ0) is 18.2. The van der Waals surface area contributed by atoms with Gasteiger partial charge in [0.25, 0.3) is 0 Å². The van der Waals surface area contributed by atoms with Crippen molar-refractivity contribution in [2.75, 3.05) is 6.54 Å². The Labute approximate surface area is 143 Å². The molecule has 0 aliphatic heterocycles. The number of halogens is 3. The van der Waals surface area contributed by atoms with Gasteiger partial charge in [0.15, 0.2) is 0 Å². The van der Waals surface area contributed by atoms with Gasteiger partial charge in [-0.15, -0.1) is 13.2 Å². The minimum Gasteiger partial charge on any atom is -0.350 e. The van der Waals surface area contributed by atoms with E-state index in [1.165, 1.54) is 6.08 Å². The third kappa shape index (κ3) is 9.39. The normalized spacial score (nSPS) is 22.6. The number of hydrogen-bond donors (Lipinski definition) is 2. The van der Waals surface area contributed by atoms with E-state index in [0.717, 1.165) is 6.42 Å². The highest BCUT2D eigenvalue weighted by molar-refractivity contribution is 7.83. The first-order chi connectivity index (χ1) is 11.2. The fraction of sp³-hybridized carbons (Fsp3) is 0.800. The summed E-state index contributed by atoms with van der Waals surface area (Å²) >= 11 is 0. The molecule has 0 aromatic rings. The van der Waals surface area contributed by atoms with Gasteiger partial charge in [0.05, 0.1) is 17.1 Å². The Kier molecular flexibility index (Phi) is 8.93. The summed E-state index contributed by atoms with van der Waals surface area (Å²) in [5, 5.41) is 2.83. The fourth-order valence-corrected chi connectivity index (χ4v) is 2.89. The van der Waals surface area contributed by atoms with Crippen LogP contribution in [0.15, 0.2) is 12.2 Å². The summed E-state index contributed by atoms with van der Waals surface area (Å²) in [6.07, 6.45) is -0.382. The lowest BCUT2D eigenvalue weighted by Gasteiger charge is -2.24. The highest BCUT2D eigenvalue weighted by atomic mass is 32.2. The van der Waals surface area contributed by atoms with Crippen LogP contribution in [0.5, 0.6) is 0 Å². The van der Waals surface area contributed by atoms with Gasteiger partial charge in [-0.05, 0) is 39.5 Å². The van der Waals surface area contributed by atoms with Gasteiger partial charge < -0.3 is 5.32 Å². The van der Waals surface area contributed by atoms with Crippen molar-refractivity contribution < 1.29 is 26.9 Å². The zero-order valence-corrected chi connectivity index (χ0v) is 14.7. The summed E-state index contributed by atoms with van der Waals surface area (Å²) in [5.41, 5.74) is 0. The molecular formula is C15H25F3N2O3S. The molecule has 9 heteroatoms. The van der Waals surface area contributed by atoms with E-state index in [9.17, 15) is 22.2 Å². The van der Waals surface area contributed by atoms with Gasteiger partial charge in [-0.2, -0.15) is 0 Å². The summed E-state index contributed by atoms with van der Waals surface area (Å²) in [7, 11) is -1.05. The monoisotopic (exact) mass is 370 g/mol. The van der Waals surface area contributed by atoms with Gasteiger partial charge in [-0.25, -0.2) is 8.93 Å². The Morgan fingerprint density at radius 3 is 2.54 bits per heavy atom. The fourth-order valence-electron chi connectivity index (χ4n) is 2.21. The van der Waals surface area contributed by atoms with Crippen molar-refractivity contribution in [1.82, 2.24) is 10.0 Å². The molecular weight excluding hydrogens is 345 g/mol. The molecule has 0 aromatic heterocycles. The highest BCUT2D eigenvalue weighted by Gasteiger charge is 2.33. The molecule has 24 heavy (non-hydrogen) atoms. The van der Waals surface area contributed by atoms with Gasteiger partial charge >= 0.3 is 6.36 Å². The first-order valence-corrected chi connectivity index (χ1v) is 9.25. The van der Waals surface area contributed by atoms with Crippen LogP contribution >= 0.6 is 0 Å². The van der Waals surface area contributed by atoms with E-state index < -0.39 is 23.5 Å². The highest BCUT2D eigenvalue weighted by Crippen LogP contribution is 2.24. The molecule has 5 nitrogen and oxygen atoms in total. The molecule has 2 N–H and O–H groups in total. The second kappa shape index (κ2) is 10.1. The molecule has 1 aliphatic carbocycles. The predicted molar refractivity (Wildman–Crippen MR) is 86.4 cm³/mol. The largest absolute Gasteiger partial charge is 0.523 e. The van der Waals surface area contributed by atoms with Crippen LogP contribution in [0.2, 0.25) is 0 Å². The number of amides is 1. The van der Waals surface area contributed by atoms with E-state index in [2.05, 4.69) is 14.8 Å². The number of nitrogens with one attached hydrogen (secondary N) is 2. The van der Waals surface area contributed by atoms with E-state index in [0.29, 0.717) is 25.8 Å². The molecule has 3 atom stereocenters. The SMILES string of the molecule is CC(C)S(=O)NCCCCC(=O)NC1C=CC(OC(F)(F)F)CC1. The van der Waals surface area contributed by atoms with Crippen LogP contribution in [0.3, 0.4) is 0 Å². The van der Waals surface area contributed by atoms with Gasteiger partial charge in [-0.1, -0.05) is 12.2 Å². The Hall–Kier alpha value is -0.930. The molecule has 1 rings (SSSR count). The lowest BCUT2D eigenvalue weighted by molar-refractivity contribution is -0.337. The van der Waals surface area contributed by atoms with Crippen molar-refractivity contribution >= 4 is 16.9 Å². The van der Waals surface area contributed by atoms with Gasteiger partial charge in [-0.3, -0.25) is 9.53 Å². The number of ether oxygens (including phenoxy) is 1. The van der Waals surface area contributed by atoms with E-state index in [1.54, 1.807) is 6.08 Å². The first kappa shape index (κ1) is 21.1. The van der Waals surface area contributed by atoms with Crippen molar-refractivity contribution in [3.05, 3.63) is 12.2 Å². The number of carbonyl (C=O) groups excluding carboxylic acids is 1. The van der Waals surface area contributed by atoms with Crippen molar-refractivity contribution in [3.63, 3.8) is 0 Å². The summed E-state index contributed by atoms with van der Waals surface area (Å²) in [5.74, 6) is -0.134. The quantitative estimate of drug-likeness (QED) is 0.484. The molecule has 0 radical (unpaired) electrons. The van der Waals surface area contributed by atoms with Crippen molar-refractivity contribution in [1.29, 1.82) is 0 Å². The molecule has 3 unspecified atom stereocenters. The average molecular weight is 370 g/mol. The van der Waals surface area contributed by atoms with Crippen LogP contribution in [0.4, 0.5) is 13.2 Å². The smallest absolute Gasteiger partial charge is 0.350 e. The number of rotatable bonds is 9. The van der Waals surface area contributed by atoms with Gasteiger partial charge in [0, 0.05) is 24.3 Å². The Morgan fingerprint density at radius 1 is 1.29 bits per heavy atom. The van der Waals surface area contributed by atoms with E-state index in [-0.39, 0.29) is 23.6 Å². The standard InChI is InChI=1S/C15H25F3N2O3S/c1-11(2)24(22)19-10-4-3-5-14(21)20-12-6-8-13(9-7-12)23-15(16,17)18/h6,8,11-13,19H,3-5,7,9-10H2,1-2H3,(H,20,21). The summed E-state index contributed by atoms with van der Waals surface area (Å²) in [6, 6.07) is -0.253. The second-order valence-corrected chi connectivity index (χ2v) is 7.76.